The molecular weight excluding hydrogens is 337 g/mol. The molecule has 0 aliphatic heterocycles. The van der Waals surface area contributed by atoms with Crippen molar-refractivity contribution in [2.45, 2.75) is 26.8 Å². The summed E-state index contributed by atoms with van der Waals surface area (Å²) in [7, 11) is 0. The highest BCUT2D eigenvalue weighted by atomic mass is 79.9. The number of hydrogen-bond donors (Lipinski definition) is 2. The average Bonchev–Trinajstić information content (AvgIpc) is 2.47. The van der Waals surface area contributed by atoms with Gasteiger partial charge in [-0.25, -0.2) is 9.38 Å². The van der Waals surface area contributed by atoms with Gasteiger partial charge in [-0.2, -0.15) is 0 Å². The Balaban J connectivity index is 2.52. The van der Waals surface area contributed by atoms with Crippen molar-refractivity contribution in [1.82, 2.24) is 10.6 Å². The summed E-state index contributed by atoms with van der Waals surface area (Å²) in [6.45, 7) is 7.45. The molecule has 0 radical (unpaired) electrons. The van der Waals surface area contributed by atoms with Gasteiger partial charge in [-0.05, 0) is 44.0 Å². The predicted octanol–water partition coefficient (Wildman–Crippen LogP) is 3.07. The third-order valence-corrected chi connectivity index (χ3v) is 3.50. The Morgan fingerprint density at radius 3 is 2.86 bits per heavy atom. The van der Waals surface area contributed by atoms with E-state index in [1.807, 2.05) is 13.8 Å². The van der Waals surface area contributed by atoms with Crippen LogP contribution in [0.4, 0.5) is 4.39 Å². The summed E-state index contributed by atoms with van der Waals surface area (Å²) in [6, 6.07) is 4.61. The molecule has 0 atom stereocenters. The Labute approximate surface area is 134 Å². The van der Waals surface area contributed by atoms with E-state index < -0.39 is 0 Å². The number of halogens is 2. The van der Waals surface area contributed by atoms with Crippen molar-refractivity contribution in [1.29, 1.82) is 0 Å². The SMILES string of the molecule is CCNC(=NCc1cc(F)ccc1Br)NCCCOCC. The van der Waals surface area contributed by atoms with Crippen molar-refractivity contribution in [3.63, 3.8) is 0 Å². The molecule has 1 aromatic carbocycles. The minimum atomic E-state index is -0.252. The minimum Gasteiger partial charge on any atom is -0.382 e. The van der Waals surface area contributed by atoms with Crippen LogP contribution in [0.5, 0.6) is 0 Å². The lowest BCUT2D eigenvalue weighted by Gasteiger charge is -2.11. The summed E-state index contributed by atoms with van der Waals surface area (Å²) in [5.74, 6) is 0.475. The van der Waals surface area contributed by atoms with Gasteiger partial charge in [0.25, 0.3) is 0 Å². The molecule has 0 aliphatic carbocycles. The maximum Gasteiger partial charge on any atom is 0.191 e. The van der Waals surface area contributed by atoms with Crippen molar-refractivity contribution in [3.05, 3.63) is 34.1 Å². The van der Waals surface area contributed by atoms with E-state index in [-0.39, 0.29) is 5.82 Å². The third-order valence-electron chi connectivity index (χ3n) is 2.72. The highest BCUT2D eigenvalue weighted by Crippen LogP contribution is 2.18. The third kappa shape index (κ3) is 7.43. The molecule has 0 saturated carbocycles. The van der Waals surface area contributed by atoms with Crippen molar-refractivity contribution in [3.8, 4) is 0 Å². The molecule has 0 aliphatic rings. The molecule has 0 saturated heterocycles. The van der Waals surface area contributed by atoms with Gasteiger partial charge >= 0.3 is 0 Å². The first-order valence-electron chi connectivity index (χ1n) is 7.21. The number of rotatable bonds is 8. The Morgan fingerprint density at radius 1 is 1.33 bits per heavy atom. The maximum atomic E-state index is 13.2. The zero-order valence-corrected chi connectivity index (χ0v) is 14.2. The van der Waals surface area contributed by atoms with E-state index in [9.17, 15) is 4.39 Å². The summed E-state index contributed by atoms with van der Waals surface area (Å²) < 4.78 is 19.4. The standard InChI is InChI=1S/C15H23BrFN3O/c1-3-18-15(19-8-5-9-21-4-2)20-11-12-10-13(17)6-7-14(12)16/h6-7,10H,3-5,8-9,11H2,1-2H3,(H2,18,19,20). The summed E-state index contributed by atoms with van der Waals surface area (Å²) in [5.41, 5.74) is 0.821. The second-order valence-electron chi connectivity index (χ2n) is 4.41. The van der Waals surface area contributed by atoms with E-state index in [0.29, 0.717) is 6.54 Å². The van der Waals surface area contributed by atoms with Crippen molar-refractivity contribution >= 4 is 21.9 Å². The van der Waals surface area contributed by atoms with Crippen LogP contribution < -0.4 is 10.6 Å². The summed E-state index contributed by atoms with van der Waals surface area (Å²) in [6.07, 6.45) is 0.919. The molecule has 4 nitrogen and oxygen atoms in total. The fourth-order valence-electron chi connectivity index (χ4n) is 1.70. The first-order chi connectivity index (χ1) is 10.2. The smallest absolute Gasteiger partial charge is 0.191 e. The molecule has 0 bridgehead atoms. The number of guanidine groups is 1. The molecule has 1 aromatic rings. The Kier molecular flexibility index (Phi) is 9.01. The molecule has 0 heterocycles. The van der Waals surface area contributed by atoms with E-state index in [0.717, 1.165) is 48.7 Å². The van der Waals surface area contributed by atoms with Gasteiger partial charge in [0.1, 0.15) is 5.82 Å². The van der Waals surface area contributed by atoms with E-state index in [2.05, 4.69) is 31.6 Å². The molecule has 2 N–H and O–H groups in total. The molecule has 21 heavy (non-hydrogen) atoms. The predicted molar refractivity (Wildman–Crippen MR) is 88.0 cm³/mol. The first-order valence-corrected chi connectivity index (χ1v) is 8.00. The van der Waals surface area contributed by atoms with Crippen molar-refractivity contribution in [2.75, 3.05) is 26.3 Å². The zero-order valence-electron chi connectivity index (χ0n) is 12.6. The fraction of sp³-hybridized carbons (Fsp3) is 0.533. The van der Waals surface area contributed by atoms with Crippen LogP contribution >= 0.6 is 15.9 Å². The van der Waals surface area contributed by atoms with E-state index >= 15 is 0 Å². The molecule has 0 amide bonds. The maximum absolute atomic E-state index is 13.2. The van der Waals surface area contributed by atoms with Crippen LogP contribution in [0.3, 0.4) is 0 Å². The summed E-state index contributed by atoms with van der Waals surface area (Å²) in [4.78, 5) is 4.46. The molecule has 0 spiro atoms. The van der Waals surface area contributed by atoms with Crippen LogP contribution in [0.15, 0.2) is 27.7 Å². The monoisotopic (exact) mass is 359 g/mol. The van der Waals surface area contributed by atoms with Crippen molar-refractivity contribution < 1.29 is 9.13 Å². The van der Waals surface area contributed by atoms with Gasteiger partial charge in [-0.3, -0.25) is 0 Å². The van der Waals surface area contributed by atoms with Crippen LogP contribution in [0.2, 0.25) is 0 Å². The van der Waals surface area contributed by atoms with Gasteiger partial charge in [-0.1, -0.05) is 15.9 Å². The number of benzene rings is 1. The minimum absolute atomic E-state index is 0.252. The zero-order chi connectivity index (χ0) is 15.5. The lowest BCUT2D eigenvalue weighted by atomic mass is 10.2. The van der Waals surface area contributed by atoms with Gasteiger partial charge in [0.05, 0.1) is 6.54 Å². The highest BCUT2D eigenvalue weighted by Gasteiger charge is 2.02. The molecular formula is C15H23BrFN3O. The summed E-state index contributed by atoms with van der Waals surface area (Å²) >= 11 is 3.41. The van der Waals surface area contributed by atoms with E-state index in [1.165, 1.54) is 12.1 Å². The number of ether oxygens (including phenoxy) is 1. The van der Waals surface area contributed by atoms with Crippen LogP contribution in [-0.2, 0) is 11.3 Å². The number of hydrogen-bond acceptors (Lipinski definition) is 2. The lowest BCUT2D eigenvalue weighted by molar-refractivity contribution is 0.145. The Hall–Kier alpha value is -1.14. The molecule has 0 fully saturated rings. The molecule has 0 unspecified atom stereocenters. The number of aliphatic imine (C=N–C) groups is 1. The van der Waals surface area contributed by atoms with Gasteiger partial charge in [0.2, 0.25) is 0 Å². The number of nitrogens with zero attached hydrogens (tertiary/aromatic N) is 1. The van der Waals surface area contributed by atoms with E-state index in [1.54, 1.807) is 6.07 Å². The molecule has 0 aromatic heterocycles. The average molecular weight is 360 g/mol. The largest absolute Gasteiger partial charge is 0.382 e. The van der Waals surface area contributed by atoms with E-state index in [4.69, 9.17) is 4.74 Å². The van der Waals surface area contributed by atoms with Gasteiger partial charge in [-0.15, -0.1) is 0 Å². The van der Waals surface area contributed by atoms with Gasteiger partial charge < -0.3 is 15.4 Å². The van der Waals surface area contributed by atoms with Crippen LogP contribution in [-0.4, -0.2) is 32.3 Å². The molecule has 6 heteroatoms. The number of nitrogens with one attached hydrogen (secondary N) is 2. The van der Waals surface area contributed by atoms with Gasteiger partial charge in [0.15, 0.2) is 5.96 Å². The Bertz CT molecular complexity index is 455. The van der Waals surface area contributed by atoms with Crippen molar-refractivity contribution in [2.24, 2.45) is 4.99 Å². The first kappa shape index (κ1) is 17.9. The highest BCUT2D eigenvalue weighted by molar-refractivity contribution is 9.10. The fourth-order valence-corrected chi connectivity index (χ4v) is 2.07. The second kappa shape index (κ2) is 10.6. The summed E-state index contributed by atoms with van der Waals surface area (Å²) in [5, 5.41) is 6.40. The lowest BCUT2D eigenvalue weighted by Crippen LogP contribution is -2.38. The molecule has 1 rings (SSSR count). The quantitative estimate of drug-likeness (QED) is 0.426. The normalized spacial score (nSPS) is 11.5. The topological polar surface area (TPSA) is 45.7 Å². The second-order valence-corrected chi connectivity index (χ2v) is 5.26. The van der Waals surface area contributed by atoms with Crippen LogP contribution in [0, 0.1) is 5.82 Å². The molecule has 118 valence electrons. The van der Waals surface area contributed by atoms with Gasteiger partial charge in [0, 0.05) is 30.8 Å². The Morgan fingerprint density at radius 2 is 2.14 bits per heavy atom. The van der Waals surface area contributed by atoms with Crippen LogP contribution in [0.1, 0.15) is 25.8 Å². The van der Waals surface area contributed by atoms with Crippen LogP contribution in [0.25, 0.3) is 0 Å².